The lowest BCUT2D eigenvalue weighted by molar-refractivity contribution is 0.0965. The van der Waals surface area contributed by atoms with Crippen molar-refractivity contribution in [3.8, 4) is 11.5 Å². The Balaban J connectivity index is 1.72. The van der Waals surface area contributed by atoms with Crippen molar-refractivity contribution in [3.05, 3.63) is 59.7 Å². The van der Waals surface area contributed by atoms with E-state index in [2.05, 4.69) is 21.3 Å². The van der Waals surface area contributed by atoms with Crippen LogP contribution in [0.2, 0.25) is 0 Å². The molecule has 2 aromatic carbocycles. The maximum absolute atomic E-state index is 9.91. The maximum atomic E-state index is 9.91. The minimum Gasteiger partial charge on any atom is -0.508 e. The van der Waals surface area contributed by atoms with Gasteiger partial charge in [0.25, 0.3) is 0 Å². The molecule has 6 unspecified atom stereocenters. The van der Waals surface area contributed by atoms with Crippen molar-refractivity contribution in [1.29, 1.82) is 0 Å². The van der Waals surface area contributed by atoms with E-state index in [1.165, 1.54) is 0 Å². The van der Waals surface area contributed by atoms with E-state index in [0.29, 0.717) is 0 Å². The third kappa shape index (κ3) is 3.26. The molecule has 2 fully saturated rings. The van der Waals surface area contributed by atoms with Crippen LogP contribution in [0, 0.1) is 0 Å². The SMILES string of the molecule is NC1NC(N)C2NC(c3cccc(O)c3)C(c3cccc(O)c3)NC2N1. The number of benzene rings is 2. The monoisotopic (exact) mass is 356 g/mol. The molecule has 8 heteroatoms. The molecule has 2 heterocycles. The van der Waals surface area contributed by atoms with E-state index in [0.717, 1.165) is 11.1 Å². The Kier molecular flexibility index (Phi) is 4.53. The number of hydrogen-bond acceptors (Lipinski definition) is 8. The number of phenolic OH excluding ortho intramolecular Hbond substituents is 2. The fourth-order valence-corrected chi connectivity index (χ4v) is 3.82. The fourth-order valence-electron chi connectivity index (χ4n) is 3.82. The summed E-state index contributed by atoms with van der Waals surface area (Å²) in [7, 11) is 0. The van der Waals surface area contributed by atoms with Crippen LogP contribution in [0.5, 0.6) is 11.5 Å². The van der Waals surface area contributed by atoms with Gasteiger partial charge in [-0.15, -0.1) is 0 Å². The number of nitrogens with one attached hydrogen (secondary N) is 4. The minimum atomic E-state index is -0.414. The highest BCUT2D eigenvalue weighted by molar-refractivity contribution is 5.36. The van der Waals surface area contributed by atoms with Gasteiger partial charge >= 0.3 is 0 Å². The number of piperazine rings is 1. The molecule has 2 saturated heterocycles. The zero-order chi connectivity index (χ0) is 18.3. The van der Waals surface area contributed by atoms with Crippen LogP contribution in [-0.2, 0) is 0 Å². The quantitative estimate of drug-likeness (QED) is 0.360. The van der Waals surface area contributed by atoms with Crippen molar-refractivity contribution < 1.29 is 10.2 Å². The summed E-state index contributed by atoms with van der Waals surface area (Å²) in [6.07, 6.45) is -0.904. The molecule has 2 aromatic rings. The van der Waals surface area contributed by atoms with Gasteiger partial charge in [-0.05, 0) is 35.4 Å². The molecule has 138 valence electrons. The average Bonchev–Trinajstić information content (AvgIpc) is 2.60. The van der Waals surface area contributed by atoms with Crippen LogP contribution in [0.1, 0.15) is 23.2 Å². The molecular formula is C18H24N6O2. The first-order valence-electron chi connectivity index (χ1n) is 8.64. The van der Waals surface area contributed by atoms with Gasteiger partial charge in [-0.25, -0.2) is 0 Å². The number of fused-ring (bicyclic) bond motifs is 1. The Morgan fingerprint density at radius 1 is 0.731 bits per heavy atom. The third-order valence-corrected chi connectivity index (χ3v) is 5.00. The molecule has 2 aliphatic heterocycles. The van der Waals surface area contributed by atoms with Gasteiger partial charge in [-0.3, -0.25) is 16.0 Å². The fraction of sp³-hybridized carbons (Fsp3) is 0.333. The van der Waals surface area contributed by atoms with E-state index in [9.17, 15) is 10.2 Å². The van der Waals surface area contributed by atoms with Crippen LogP contribution in [-0.4, -0.2) is 34.9 Å². The first-order valence-corrected chi connectivity index (χ1v) is 8.64. The highest BCUT2D eigenvalue weighted by atomic mass is 16.3. The Bertz CT molecular complexity index is 788. The summed E-state index contributed by atoms with van der Waals surface area (Å²) in [5.74, 6) is 0.403. The van der Waals surface area contributed by atoms with Gasteiger partial charge in [0.15, 0.2) is 0 Å². The Morgan fingerprint density at radius 2 is 1.31 bits per heavy atom. The molecule has 10 N–H and O–H groups in total. The van der Waals surface area contributed by atoms with Crippen LogP contribution >= 0.6 is 0 Å². The van der Waals surface area contributed by atoms with Crippen LogP contribution in [0.4, 0.5) is 0 Å². The second kappa shape index (κ2) is 6.84. The Labute approximate surface area is 151 Å². The minimum absolute atomic E-state index is 0.115. The third-order valence-electron chi connectivity index (χ3n) is 5.00. The van der Waals surface area contributed by atoms with Gasteiger partial charge in [0.05, 0.1) is 30.5 Å². The van der Waals surface area contributed by atoms with E-state index < -0.39 is 6.29 Å². The van der Waals surface area contributed by atoms with E-state index in [-0.39, 0.29) is 42.0 Å². The molecular weight excluding hydrogens is 332 g/mol. The van der Waals surface area contributed by atoms with Crippen LogP contribution in [0.25, 0.3) is 0 Å². The number of aromatic hydroxyl groups is 2. The molecule has 8 nitrogen and oxygen atoms in total. The van der Waals surface area contributed by atoms with Crippen molar-refractivity contribution in [2.24, 2.45) is 11.5 Å². The van der Waals surface area contributed by atoms with Crippen LogP contribution in [0.15, 0.2) is 48.5 Å². The van der Waals surface area contributed by atoms with Gasteiger partial charge < -0.3 is 27.0 Å². The van der Waals surface area contributed by atoms with Gasteiger partial charge in [0.2, 0.25) is 0 Å². The molecule has 4 rings (SSSR count). The lowest BCUT2D eigenvalue weighted by atomic mass is 9.88. The van der Waals surface area contributed by atoms with Crippen LogP contribution < -0.4 is 32.7 Å². The molecule has 26 heavy (non-hydrogen) atoms. The van der Waals surface area contributed by atoms with E-state index >= 15 is 0 Å². The second-order valence-electron chi connectivity index (χ2n) is 6.82. The van der Waals surface area contributed by atoms with E-state index in [1.54, 1.807) is 24.3 Å². The highest BCUT2D eigenvalue weighted by Gasteiger charge is 2.43. The smallest absolute Gasteiger partial charge is 0.115 e. The molecule has 0 bridgehead atoms. The maximum Gasteiger partial charge on any atom is 0.115 e. The largest absolute Gasteiger partial charge is 0.508 e. The second-order valence-corrected chi connectivity index (χ2v) is 6.82. The summed E-state index contributed by atoms with van der Waals surface area (Å²) >= 11 is 0. The van der Waals surface area contributed by atoms with Crippen molar-refractivity contribution >= 4 is 0 Å². The normalized spacial score (nSPS) is 34.2. The van der Waals surface area contributed by atoms with E-state index in [1.807, 2.05) is 24.3 Å². The average molecular weight is 356 g/mol. The van der Waals surface area contributed by atoms with Crippen molar-refractivity contribution in [3.63, 3.8) is 0 Å². The molecule has 0 spiro atoms. The first kappa shape index (κ1) is 17.2. The summed E-state index contributed by atoms with van der Waals surface area (Å²) in [5, 5.41) is 33.3. The summed E-state index contributed by atoms with van der Waals surface area (Å²) in [5.41, 5.74) is 14.0. The van der Waals surface area contributed by atoms with E-state index in [4.69, 9.17) is 11.5 Å². The Hall–Kier alpha value is -2.20. The number of nitrogens with two attached hydrogens (primary N) is 2. The number of phenols is 2. The molecule has 2 aliphatic rings. The molecule has 0 saturated carbocycles. The molecule has 0 aliphatic carbocycles. The predicted molar refractivity (Wildman–Crippen MR) is 97.8 cm³/mol. The van der Waals surface area contributed by atoms with Crippen LogP contribution in [0.3, 0.4) is 0 Å². The zero-order valence-electron chi connectivity index (χ0n) is 14.1. The summed E-state index contributed by atoms with van der Waals surface area (Å²) < 4.78 is 0. The molecule has 0 aromatic heterocycles. The van der Waals surface area contributed by atoms with Crippen molar-refractivity contribution in [2.75, 3.05) is 0 Å². The summed E-state index contributed by atoms with van der Waals surface area (Å²) in [6, 6.07) is 13.8. The zero-order valence-corrected chi connectivity index (χ0v) is 14.1. The molecule has 0 amide bonds. The molecule has 0 radical (unpaired) electrons. The van der Waals surface area contributed by atoms with Gasteiger partial charge in [-0.2, -0.15) is 0 Å². The summed E-state index contributed by atoms with van der Waals surface area (Å²) in [6.45, 7) is 0. The standard InChI is InChI=1S/C18H24N6O2/c19-16-15-17(24-18(20)23-16)22-14(10-4-2-6-12(26)8-10)13(21-15)9-3-1-5-11(25)7-9/h1-8,13-18,21-26H,19-20H2. The van der Waals surface area contributed by atoms with Crippen molar-refractivity contribution in [1.82, 2.24) is 21.3 Å². The number of hydrogen-bond donors (Lipinski definition) is 8. The van der Waals surface area contributed by atoms with Gasteiger partial charge in [0, 0.05) is 0 Å². The number of rotatable bonds is 2. The summed E-state index contributed by atoms with van der Waals surface area (Å²) in [4.78, 5) is 0. The van der Waals surface area contributed by atoms with Gasteiger partial charge in [-0.1, -0.05) is 24.3 Å². The molecule has 6 atom stereocenters. The topological polar surface area (TPSA) is 141 Å². The lowest BCUT2D eigenvalue weighted by Crippen LogP contribution is -2.80. The Morgan fingerprint density at radius 3 is 1.88 bits per heavy atom. The lowest BCUT2D eigenvalue weighted by Gasteiger charge is -2.50. The van der Waals surface area contributed by atoms with Crippen molar-refractivity contribution in [2.45, 2.75) is 36.7 Å². The highest BCUT2D eigenvalue weighted by Crippen LogP contribution is 2.35. The predicted octanol–water partition coefficient (Wildman–Crippen LogP) is -0.512. The van der Waals surface area contributed by atoms with Gasteiger partial charge in [0.1, 0.15) is 17.8 Å². The first-order chi connectivity index (χ1) is 12.5.